The largest absolute Gasteiger partial charge is 0.497 e. The smallest absolute Gasteiger partial charge is 0.343 e. The van der Waals surface area contributed by atoms with Gasteiger partial charge in [0.05, 0.1) is 18.6 Å². The van der Waals surface area contributed by atoms with Gasteiger partial charge in [0, 0.05) is 11.8 Å². The fourth-order valence-electron chi connectivity index (χ4n) is 3.87. The Morgan fingerprint density at radius 2 is 1.81 bits per heavy atom. The zero-order valence-corrected chi connectivity index (χ0v) is 16.8. The summed E-state index contributed by atoms with van der Waals surface area (Å²) in [6.45, 7) is 1.78. The lowest BCUT2D eigenvalue weighted by molar-refractivity contribution is -0.122. The number of anilines is 1. The Morgan fingerprint density at radius 1 is 1.03 bits per heavy atom. The zero-order valence-electron chi connectivity index (χ0n) is 16.8. The molecule has 0 spiro atoms. The van der Waals surface area contributed by atoms with Crippen LogP contribution >= 0.6 is 0 Å². The van der Waals surface area contributed by atoms with Gasteiger partial charge in [-0.25, -0.2) is 4.79 Å². The summed E-state index contributed by atoms with van der Waals surface area (Å²) in [6.07, 6.45) is -0.970. The van der Waals surface area contributed by atoms with Crippen molar-refractivity contribution in [2.24, 2.45) is 0 Å². The second kappa shape index (κ2) is 7.39. The van der Waals surface area contributed by atoms with Gasteiger partial charge in [0.2, 0.25) is 6.79 Å². The number of nitrogens with one attached hydrogen (secondary N) is 1. The molecule has 31 heavy (non-hydrogen) atoms. The lowest BCUT2D eigenvalue weighted by Crippen LogP contribution is -2.35. The molecule has 0 radical (unpaired) electrons. The number of hydrogen-bond acceptors (Lipinski definition) is 7. The molecule has 8 nitrogen and oxygen atoms in total. The molecule has 2 aliphatic rings. The van der Waals surface area contributed by atoms with Crippen molar-refractivity contribution >= 4 is 11.6 Å². The first-order chi connectivity index (χ1) is 15.0. The minimum absolute atomic E-state index is 0.124. The van der Waals surface area contributed by atoms with Crippen LogP contribution in [0.2, 0.25) is 0 Å². The third-order valence-electron chi connectivity index (χ3n) is 5.31. The van der Waals surface area contributed by atoms with E-state index in [0.29, 0.717) is 45.6 Å². The number of hydrogen-bond donors (Lipinski definition) is 1. The molecule has 3 heterocycles. The van der Waals surface area contributed by atoms with E-state index < -0.39 is 17.6 Å². The van der Waals surface area contributed by atoms with Crippen molar-refractivity contribution in [2.75, 3.05) is 19.2 Å². The van der Waals surface area contributed by atoms with Crippen LogP contribution in [0, 0.1) is 6.92 Å². The van der Waals surface area contributed by atoms with E-state index in [9.17, 15) is 9.59 Å². The molecule has 3 aromatic rings. The summed E-state index contributed by atoms with van der Waals surface area (Å²) < 4.78 is 27.3. The third-order valence-corrected chi connectivity index (χ3v) is 5.31. The van der Waals surface area contributed by atoms with E-state index in [4.69, 9.17) is 23.4 Å². The predicted molar refractivity (Wildman–Crippen MR) is 110 cm³/mol. The Kier molecular flexibility index (Phi) is 4.54. The highest BCUT2D eigenvalue weighted by Gasteiger charge is 2.43. The molecule has 158 valence electrons. The quantitative estimate of drug-likeness (QED) is 0.691. The molecule has 8 heteroatoms. The molecule has 2 atom stereocenters. The van der Waals surface area contributed by atoms with Gasteiger partial charge in [0.15, 0.2) is 17.6 Å². The van der Waals surface area contributed by atoms with E-state index in [0.717, 1.165) is 0 Å². The van der Waals surface area contributed by atoms with Crippen LogP contribution in [0.25, 0.3) is 0 Å². The Hall–Kier alpha value is -3.94. The molecule has 1 aromatic heterocycles. The predicted octanol–water partition coefficient (Wildman–Crippen LogP) is 3.22. The molecular formula is C23H19NO7. The summed E-state index contributed by atoms with van der Waals surface area (Å²) in [4.78, 5) is 25.9. The maximum absolute atomic E-state index is 13.2. The standard InChI is InChI=1S/C23H19NO7/c1-12-9-18-20(23(26)30-12)19(13-3-8-16-17(10-13)29-11-28-16)21(31-18)22(25)24-14-4-6-15(27-2)7-5-14/h3-10,19,21H,11H2,1-2H3,(H,24,25)/t19-,21+/m0/s1. The summed E-state index contributed by atoms with van der Waals surface area (Å²) in [6, 6.07) is 13.9. The van der Waals surface area contributed by atoms with Crippen molar-refractivity contribution in [3.05, 3.63) is 75.8 Å². The number of amides is 1. The van der Waals surface area contributed by atoms with Crippen LogP contribution in [-0.2, 0) is 4.79 Å². The van der Waals surface area contributed by atoms with E-state index in [1.54, 1.807) is 62.6 Å². The van der Waals surface area contributed by atoms with Gasteiger partial charge in [-0.3, -0.25) is 4.79 Å². The summed E-state index contributed by atoms with van der Waals surface area (Å²) >= 11 is 0. The van der Waals surface area contributed by atoms with Crippen molar-refractivity contribution in [1.29, 1.82) is 0 Å². The monoisotopic (exact) mass is 421 g/mol. The molecule has 0 bridgehead atoms. The van der Waals surface area contributed by atoms with Crippen LogP contribution in [0.1, 0.15) is 22.8 Å². The summed E-state index contributed by atoms with van der Waals surface area (Å²) in [5.74, 6) is 1.53. The van der Waals surface area contributed by atoms with Crippen LogP contribution < -0.4 is 29.9 Å². The fourth-order valence-corrected chi connectivity index (χ4v) is 3.87. The molecule has 0 unspecified atom stereocenters. The highest BCUT2D eigenvalue weighted by Crippen LogP contribution is 2.44. The molecule has 1 N–H and O–H groups in total. The molecule has 0 fully saturated rings. The first-order valence-corrected chi connectivity index (χ1v) is 9.69. The van der Waals surface area contributed by atoms with Crippen LogP contribution in [0.15, 0.2) is 57.7 Å². The number of benzene rings is 2. The van der Waals surface area contributed by atoms with Crippen molar-refractivity contribution in [2.45, 2.75) is 18.9 Å². The van der Waals surface area contributed by atoms with Gasteiger partial charge in [-0.1, -0.05) is 6.07 Å². The van der Waals surface area contributed by atoms with Crippen molar-refractivity contribution in [3.8, 4) is 23.0 Å². The van der Waals surface area contributed by atoms with Crippen LogP contribution in [-0.4, -0.2) is 25.9 Å². The van der Waals surface area contributed by atoms with Crippen LogP contribution in [0.5, 0.6) is 23.0 Å². The summed E-state index contributed by atoms with van der Waals surface area (Å²) in [7, 11) is 1.57. The highest BCUT2D eigenvalue weighted by atomic mass is 16.7. The fraction of sp³-hybridized carbons (Fsp3) is 0.217. The second-order valence-electron chi connectivity index (χ2n) is 7.27. The number of rotatable bonds is 4. The SMILES string of the molecule is COc1ccc(NC(=O)[C@@H]2Oc3cc(C)oc(=O)c3[C@@H]2c2ccc3c(c2)OCO3)cc1. The van der Waals surface area contributed by atoms with E-state index in [-0.39, 0.29) is 12.7 Å². The molecular weight excluding hydrogens is 402 g/mol. The van der Waals surface area contributed by atoms with E-state index >= 15 is 0 Å². The first-order valence-electron chi connectivity index (χ1n) is 9.69. The minimum Gasteiger partial charge on any atom is -0.497 e. The number of fused-ring (bicyclic) bond motifs is 2. The molecule has 0 saturated heterocycles. The number of aryl methyl sites for hydroxylation is 1. The minimum atomic E-state index is -0.970. The maximum Gasteiger partial charge on any atom is 0.343 e. The first kappa shape index (κ1) is 19.0. The Bertz CT molecular complexity index is 1220. The lowest BCUT2D eigenvalue weighted by Gasteiger charge is -2.19. The second-order valence-corrected chi connectivity index (χ2v) is 7.27. The van der Waals surface area contributed by atoms with Gasteiger partial charge in [-0.2, -0.15) is 0 Å². The van der Waals surface area contributed by atoms with Crippen molar-refractivity contribution in [1.82, 2.24) is 0 Å². The number of carbonyl (C=O) groups is 1. The Balaban J connectivity index is 1.53. The van der Waals surface area contributed by atoms with Gasteiger partial charge >= 0.3 is 5.63 Å². The topological polar surface area (TPSA) is 96.2 Å². The van der Waals surface area contributed by atoms with Gasteiger partial charge in [-0.05, 0) is 48.9 Å². The Labute approximate surface area is 177 Å². The van der Waals surface area contributed by atoms with E-state index in [1.807, 2.05) is 0 Å². The Morgan fingerprint density at radius 3 is 2.58 bits per heavy atom. The van der Waals surface area contributed by atoms with Crippen molar-refractivity contribution < 1.29 is 28.2 Å². The average molecular weight is 421 g/mol. The molecule has 2 aliphatic heterocycles. The number of carbonyl (C=O) groups excluding carboxylic acids is 1. The number of methoxy groups -OCH3 is 1. The molecule has 2 aromatic carbocycles. The molecule has 0 saturated carbocycles. The molecule has 0 aliphatic carbocycles. The van der Waals surface area contributed by atoms with Gasteiger partial charge in [-0.15, -0.1) is 0 Å². The van der Waals surface area contributed by atoms with Crippen molar-refractivity contribution in [3.63, 3.8) is 0 Å². The lowest BCUT2D eigenvalue weighted by atomic mass is 9.88. The normalized spacial score (nSPS) is 18.3. The summed E-state index contributed by atoms with van der Waals surface area (Å²) in [5, 5.41) is 2.85. The molecule has 5 rings (SSSR count). The van der Waals surface area contributed by atoms with E-state index in [2.05, 4.69) is 5.32 Å². The van der Waals surface area contributed by atoms with Crippen LogP contribution in [0.3, 0.4) is 0 Å². The van der Waals surface area contributed by atoms with E-state index in [1.165, 1.54) is 0 Å². The van der Waals surface area contributed by atoms with Gasteiger partial charge in [0.1, 0.15) is 17.3 Å². The maximum atomic E-state index is 13.2. The van der Waals surface area contributed by atoms with Gasteiger partial charge in [0.25, 0.3) is 5.91 Å². The zero-order chi connectivity index (χ0) is 21.5. The average Bonchev–Trinajstić information content (AvgIpc) is 3.38. The number of ether oxygens (including phenoxy) is 4. The highest BCUT2D eigenvalue weighted by molar-refractivity contribution is 5.96. The summed E-state index contributed by atoms with van der Waals surface area (Å²) in [5.41, 5.74) is 1.05. The third kappa shape index (κ3) is 3.35. The van der Waals surface area contributed by atoms with Gasteiger partial charge < -0.3 is 28.7 Å². The molecule has 1 amide bonds. The van der Waals surface area contributed by atoms with Crippen LogP contribution in [0.4, 0.5) is 5.69 Å².